The van der Waals surface area contributed by atoms with Crippen LogP contribution in [0.2, 0.25) is 5.15 Å². The normalized spacial score (nSPS) is 11.1. The van der Waals surface area contributed by atoms with Crippen molar-refractivity contribution in [3.05, 3.63) is 59.8 Å². The van der Waals surface area contributed by atoms with Gasteiger partial charge in [0.25, 0.3) is 0 Å². The molecule has 0 fully saturated rings. The third-order valence-electron chi connectivity index (χ3n) is 3.84. The number of nitrogens with zero attached hydrogens (tertiary/aromatic N) is 6. The molecule has 9 heteroatoms. The van der Waals surface area contributed by atoms with Gasteiger partial charge in [-0.15, -0.1) is 22.7 Å². The number of aromatic nitrogens is 6. The van der Waals surface area contributed by atoms with Gasteiger partial charge in [-0.05, 0) is 29.0 Å². The smallest absolute Gasteiger partial charge is 0.179 e. The summed E-state index contributed by atoms with van der Waals surface area (Å²) in [6.07, 6.45) is 8.33. The molecular weight excluding hydrogens is 400 g/mol. The molecule has 0 aromatic carbocycles. The van der Waals surface area contributed by atoms with Gasteiger partial charge in [0.15, 0.2) is 5.82 Å². The third kappa shape index (κ3) is 2.97. The van der Waals surface area contributed by atoms with Crippen molar-refractivity contribution in [1.82, 2.24) is 29.9 Å². The van der Waals surface area contributed by atoms with Crippen LogP contribution in [0.5, 0.6) is 0 Å². The second kappa shape index (κ2) is 6.73. The Hall–Kier alpha value is -2.81. The number of halogens is 1. The monoisotopic (exact) mass is 408 g/mol. The van der Waals surface area contributed by atoms with E-state index >= 15 is 0 Å². The lowest BCUT2D eigenvalue weighted by atomic mass is 10.2. The van der Waals surface area contributed by atoms with E-state index in [2.05, 4.69) is 31.0 Å². The Morgan fingerprint density at radius 1 is 1.00 bits per heavy atom. The Morgan fingerprint density at radius 3 is 2.63 bits per heavy atom. The largest absolute Gasteiger partial charge is 0.244 e. The maximum Gasteiger partial charge on any atom is 0.179 e. The van der Waals surface area contributed by atoms with Gasteiger partial charge in [-0.25, -0.2) is 29.9 Å². The first-order valence-electron chi connectivity index (χ1n) is 7.87. The zero-order chi connectivity index (χ0) is 18.2. The first kappa shape index (κ1) is 16.4. The zero-order valence-electron chi connectivity index (χ0n) is 13.6. The van der Waals surface area contributed by atoms with Crippen LogP contribution in [0.4, 0.5) is 0 Å². The molecule has 130 valence electrons. The van der Waals surface area contributed by atoms with E-state index in [9.17, 15) is 0 Å². The SMILES string of the molecule is Clc1nc(-c2cncnc2)sc1-c1cc2ccsc2c(-c2ncccn2)n1. The summed E-state index contributed by atoms with van der Waals surface area (Å²) in [5.41, 5.74) is 2.31. The van der Waals surface area contributed by atoms with Gasteiger partial charge in [-0.2, -0.15) is 0 Å². The van der Waals surface area contributed by atoms with Gasteiger partial charge in [0.1, 0.15) is 22.2 Å². The molecule has 5 aromatic heterocycles. The number of hydrogen-bond acceptors (Lipinski definition) is 8. The Kier molecular flexibility index (Phi) is 4.08. The van der Waals surface area contributed by atoms with Gasteiger partial charge in [-0.3, -0.25) is 0 Å². The molecule has 27 heavy (non-hydrogen) atoms. The molecule has 5 rings (SSSR count). The Labute approximate surface area is 166 Å². The molecular formula is C18H9ClN6S2. The Bertz CT molecular complexity index is 1240. The minimum absolute atomic E-state index is 0.404. The molecule has 0 spiro atoms. The van der Waals surface area contributed by atoms with Crippen LogP contribution < -0.4 is 0 Å². The number of rotatable bonds is 3. The standard InChI is InChI=1S/C18H9ClN6S2/c19-16-15(27-18(25-16)11-7-20-9-21-8-11)12-6-10-2-5-26-14(10)13(24-12)17-22-3-1-4-23-17/h1-9H. The first-order chi connectivity index (χ1) is 13.3. The molecule has 0 N–H and O–H groups in total. The average Bonchev–Trinajstić information content (AvgIpc) is 3.35. The molecule has 0 aliphatic heterocycles. The van der Waals surface area contributed by atoms with Crippen molar-refractivity contribution in [3.63, 3.8) is 0 Å². The average molecular weight is 409 g/mol. The van der Waals surface area contributed by atoms with Crippen molar-refractivity contribution in [1.29, 1.82) is 0 Å². The molecule has 0 saturated heterocycles. The van der Waals surface area contributed by atoms with Gasteiger partial charge in [0.2, 0.25) is 0 Å². The second-order valence-corrected chi connectivity index (χ2v) is 7.81. The molecule has 0 unspecified atom stereocenters. The molecule has 0 amide bonds. The third-order valence-corrected chi connectivity index (χ3v) is 6.29. The summed E-state index contributed by atoms with van der Waals surface area (Å²) in [5.74, 6) is 0.587. The van der Waals surface area contributed by atoms with Crippen molar-refractivity contribution in [2.75, 3.05) is 0 Å². The Balaban J connectivity index is 1.69. The summed E-state index contributed by atoms with van der Waals surface area (Å²) in [5, 5.41) is 4.26. The number of thiazole rings is 1. The van der Waals surface area contributed by atoms with Gasteiger partial charge < -0.3 is 0 Å². The quantitative estimate of drug-likeness (QED) is 0.418. The number of pyridine rings is 1. The van der Waals surface area contributed by atoms with Crippen LogP contribution in [0.25, 0.3) is 42.7 Å². The molecule has 6 nitrogen and oxygen atoms in total. The molecule has 0 aliphatic carbocycles. The topological polar surface area (TPSA) is 77.3 Å². The number of fused-ring (bicyclic) bond motifs is 1. The molecule has 0 bridgehead atoms. The molecule has 0 atom stereocenters. The second-order valence-electron chi connectivity index (χ2n) is 5.53. The van der Waals surface area contributed by atoms with E-state index in [0.717, 1.165) is 36.9 Å². The van der Waals surface area contributed by atoms with E-state index in [-0.39, 0.29) is 0 Å². The summed E-state index contributed by atoms with van der Waals surface area (Å²) in [6.45, 7) is 0. The zero-order valence-corrected chi connectivity index (χ0v) is 16.0. The molecule has 0 radical (unpaired) electrons. The maximum absolute atomic E-state index is 6.44. The summed E-state index contributed by atoms with van der Waals surface area (Å²) in [6, 6.07) is 5.86. The molecule has 5 heterocycles. The van der Waals surface area contributed by atoms with Gasteiger partial charge in [-0.1, -0.05) is 11.6 Å². The predicted octanol–water partition coefficient (Wildman–Crippen LogP) is 4.99. The summed E-state index contributed by atoms with van der Waals surface area (Å²) in [7, 11) is 0. The first-order valence-corrected chi connectivity index (χ1v) is 9.95. The van der Waals surface area contributed by atoms with E-state index in [1.165, 1.54) is 17.7 Å². The lowest BCUT2D eigenvalue weighted by Crippen LogP contribution is -1.92. The van der Waals surface area contributed by atoms with Crippen LogP contribution in [-0.2, 0) is 0 Å². The molecule has 0 saturated carbocycles. The fraction of sp³-hybridized carbons (Fsp3) is 0. The highest BCUT2D eigenvalue weighted by Crippen LogP contribution is 2.40. The lowest BCUT2D eigenvalue weighted by molar-refractivity contribution is 1.15. The van der Waals surface area contributed by atoms with E-state index in [1.54, 1.807) is 42.2 Å². The van der Waals surface area contributed by atoms with E-state index in [1.807, 2.05) is 11.4 Å². The number of hydrogen-bond donors (Lipinski definition) is 0. The van der Waals surface area contributed by atoms with Gasteiger partial charge >= 0.3 is 0 Å². The van der Waals surface area contributed by atoms with Gasteiger partial charge in [0.05, 0.1) is 15.3 Å². The summed E-state index contributed by atoms with van der Waals surface area (Å²) < 4.78 is 1.04. The summed E-state index contributed by atoms with van der Waals surface area (Å²) in [4.78, 5) is 26.9. The van der Waals surface area contributed by atoms with E-state index in [0.29, 0.717) is 11.0 Å². The van der Waals surface area contributed by atoms with Crippen LogP contribution >= 0.6 is 34.3 Å². The van der Waals surface area contributed by atoms with E-state index < -0.39 is 0 Å². The van der Waals surface area contributed by atoms with Crippen LogP contribution in [0.15, 0.2) is 54.7 Å². The fourth-order valence-corrected chi connectivity index (χ4v) is 4.76. The minimum atomic E-state index is 0.404. The highest BCUT2D eigenvalue weighted by atomic mass is 35.5. The minimum Gasteiger partial charge on any atom is -0.244 e. The van der Waals surface area contributed by atoms with Crippen molar-refractivity contribution in [2.24, 2.45) is 0 Å². The number of thiophene rings is 1. The van der Waals surface area contributed by atoms with Crippen molar-refractivity contribution < 1.29 is 0 Å². The fourth-order valence-electron chi connectivity index (χ4n) is 2.66. The Morgan fingerprint density at radius 2 is 1.81 bits per heavy atom. The summed E-state index contributed by atoms with van der Waals surface area (Å²) >= 11 is 9.52. The van der Waals surface area contributed by atoms with Crippen molar-refractivity contribution in [3.8, 4) is 32.7 Å². The van der Waals surface area contributed by atoms with E-state index in [4.69, 9.17) is 16.6 Å². The lowest BCUT2D eigenvalue weighted by Gasteiger charge is -2.04. The van der Waals surface area contributed by atoms with Crippen LogP contribution in [0.1, 0.15) is 0 Å². The van der Waals surface area contributed by atoms with Crippen LogP contribution in [0, 0.1) is 0 Å². The van der Waals surface area contributed by atoms with Crippen LogP contribution in [-0.4, -0.2) is 29.9 Å². The maximum atomic E-state index is 6.44. The molecule has 5 aromatic rings. The molecule has 0 aliphatic rings. The van der Waals surface area contributed by atoms with Gasteiger partial charge in [0, 0.05) is 30.4 Å². The van der Waals surface area contributed by atoms with Crippen molar-refractivity contribution >= 4 is 44.4 Å². The highest BCUT2D eigenvalue weighted by Gasteiger charge is 2.18. The van der Waals surface area contributed by atoms with Crippen molar-refractivity contribution in [2.45, 2.75) is 0 Å². The highest BCUT2D eigenvalue weighted by molar-refractivity contribution is 7.19. The van der Waals surface area contributed by atoms with Crippen LogP contribution in [0.3, 0.4) is 0 Å². The predicted molar refractivity (Wildman–Crippen MR) is 108 cm³/mol.